The zero-order valence-corrected chi connectivity index (χ0v) is 7.28. The van der Waals surface area contributed by atoms with Crippen molar-refractivity contribution in [3.05, 3.63) is 0 Å². The first-order valence-electron chi connectivity index (χ1n) is 2.60. The number of rotatable bonds is 4. The van der Waals surface area contributed by atoms with E-state index in [4.69, 9.17) is 10.7 Å². The summed E-state index contributed by atoms with van der Waals surface area (Å²) in [5.74, 6) is 0. The predicted molar refractivity (Wildman–Crippen MR) is 37.2 cm³/mol. The Morgan fingerprint density at radius 2 is 2.10 bits per heavy atom. The summed E-state index contributed by atoms with van der Waals surface area (Å²) in [5.41, 5.74) is -1.35. The van der Waals surface area contributed by atoms with E-state index in [-0.39, 0.29) is 6.61 Å². The molecule has 0 N–H and O–H groups in total. The molecule has 0 aliphatic heterocycles. The average molecular weight is 189 g/mol. The van der Waals surface area contributed by atoms with E-state index >= 15 is 0 Å². The van der Waals surface area contributed by atoms with Gasteiger partial charge in [0, 0.05) is 24.4 Å². The standard InChI is InChI=1S/C4H9ClO4S/c1-3-9-4(8-2)10(5,6)7/h4H,3H2,1-2H3. The second-order valence-electron chi connectivity index (χ2n) is 1.46. The van der Waals surface area contributed by atoms with E-state index in [0.29, 0.717) is 0 Å². The van der Waals surface area contributed by atoms with Gasteiger partial charge in [-0.2, -0.15) is 0 Å². The van der Waals surface area contributed by atoms with Gasteiger partial charge >= 0.3 is 0 Å². The van der Waals surface area contributed by atoms with Crippen LogP contribution in [0.5, 0.6) is 0 Å². The molecule has 6 heteroatoms. The van der Waals surface area contributed by atoms with Gasteiger partial charge in [-0.05, 0) is 6.92 Å². The maximum Gasteiger partial charge on any atom is 0.285 e. The Morgan fingerprint density at radius 3 is 2.20 bits per heavy atom. The van der Waals surface area contributed by atoms with Crippen LogP contribution in [0.1, 0.15) is 6.92 Å². The van der Waals surface area contributed by atoms with Crippen molar-refractivity contribution in [2.24, 2.45) is 0 Å². The molecule has 1 atom stereocenters. The van der Waals surface area contributed by atoms with Gasteiger partial charge in [0.2, 0.25) is 0 Å². The minimum Gasteiger partial charge on any atom is -0.342 e. The molecule has 0 rings (SSSR count). The number of ether oxygens (including phenoxy) is 2. The van der Waals surface area contributed by atoms with Gasteiger partial charge in [0.05, 0.1) is 0 Å². The van der Waals surface area contributed by atoms with Crippen molar-refractivity contribution in [3.63, 3.8) is 0 Å². The quantitative estimate of drug-likeness (QED) is 0.477. The summed E-state index contributed by atoms with van der Waals surface area (Å²) in [6.07, 6.45) is 0. The second-order valence-corrected chi connectivity index (χ2v) is 4.08. The Hall–Kier alpha value is 0.160. The Labute approximate surface area is 64.5 Å². The highest BCUT2D eigenvalue weighted by Crippen LogP contribution is 2.08. The zero-order chi connectivity index (χ0) is 8.20. The van der Waals surface area contributed by atoms with Crippen LogP contribution in [0.25, 0.3) is 0 Å². The van der Waals surface area contributed by atoms with Gasteiger partial charge < -0.3 is 9.47 Å². The Bertz CT molecular complexity index is 176. The van der Waals surface area contributed by atoms with Crippen LogP contribution in [0.3, 0.4) is 0 Å². The van der Waals surface area contributed by atoms with E-state index in [1.165, 1.54) is 7.11 Å². The number of hydrogen-bond donors (Lipinski definition) is 0. The van der Waals surface area contributed by atoms with Crippen molar-refractivity contribution >= 4 is 19.7 Å². The highest BCUT2D eigenvalue weighted by Gasteiger charge is 2.22. The normalized spacial score (nSPS) is 15.1. The molecule has 0 amide bonds. The van der Waals surface area contributed by atoms with Crippen LogP contribution in [-0.4, -0.2) is 27.8 Å². The lowest BCUT2D eigenvalue weighted by atomic mass is 10.9. The van der Waals surface area contributed by atoms with Crippen LogP contribution in [-0.2, 0) is 18.5 Å². The molecule has 0 saturated heterocycles. The van der Waals surface area contributed by atoms with E-state index in [9.17, 15) is 8.42 Å². The lowest BCUT2D eigenvalue weighted by Crippen LogP contribution is -2.22. The van der Waals surface area contributed by atoms with Gasteiger partial charge in [-0.3, -0.25) is 0 Å². The number of methoxy groups -OCH3 is 1. The molecule has 1 unspecified atom stereocenters. The third-order valence-corrected chi connectivity index (χ3v) is 1.95. The van der Waals surface area contributed by atoms with Crippen LogP contribution in [0.2, 0.25) is 0 Å². The van der Waals surface area contributed by atoms with E-state index < -0.39 is 14.7 Å². The molecular weight excluding hydrogens is 180 g/mol. The summed E-state index contributed by atoms with van der Waals surface area (Å²) in [5, 5.41) is 0. The van der Waals surface area contributed by atoms with Crippen molar-refractivity contribution in [2.45, 2.75) is 12.5 Å². The smallest absolute Gasteiger partial charge is 0.285 e. The molecule has 0 fully saturated rings. The van der Waals surface area contributed by atoms with Crippen molar-refractivity contribution in [3.8, 4) is 0 Å². The molecule has 0 aliphatic rings. The van der Waals surface area contributed by atoms with Gasteiger partial charge in [0.15, 0.2) is 0 Å². The third-order valence-electron chi connectivity index (χ3n) is 0.725. The van der Waals surface area contributed by atoms with Crippen LogP contribution >= 0.6 is 10.7 Å². The molecule has 0 bridgehead atoms. The third kappa shape index (κ3) is 3.36. The minimum atomic E-state index is -3.75. The van der Waals surface area contributed by atoms with Gasteiger partial charge in [-0.15, -0.1) is 0 Å². The highest BCUT2D eigenvalue weighted by atomic mass is 35.7. The SMILES string of the molecule is CCOC(OC)S(=O)(=O)Cl. The van der Waals surface area contributed by atoms with Crippen molar-refractivity contribution in [1.82, 2.24) is 0 Å². The summed E-state index contributed by atoms with van der Waals surface area (Å²) < 4.78 is 30.0. The number of halogens is 1. The summed E-state index contributed by atoms with van der Waals surface area (Å²) in [6.45, 7) is 1.89. The lowest BCUT2D eigenvalue weighted by Gasteiger charge is -2.09. The van der Waals surface area contributed by atoms with Crippen molar-refractivity contribution < 1.29 is 17.9 Å². The fourth-order valence-electron chi connectivity index (χ4n) is 0.400. The molecule has 0 spiro atoms. The van der Waals surface area contributed by atoms with Gasteiger partial charge in [0.25, 0.3) is 14.7 Å². The van der Waals surface area contributed by atoms with Gasteiger partial charge in [-0.1, -0.05) is 0 Å². The Morgan fingerprint density at radius 1 is 1.60 bits per heavy atom. The summed E-state index contributed by atoms with van der Waals surface area (Å²) >= 11 is 0. The molecule has 0 saturated carbocycles. The van der Waals surface area contributed by atoms with Crippen LogP contribution in [0.15, 0.2) is 0 Å². The summed E-state index contributed by atoms with van der Waals surface area (Å²) in [7, 11) is 2.36. The number of hydrogen-bond acceptors (Lipinski definition) is 4. The summed E-state index contributed by atoms with van der Waals surface area (Å²) in [6, 6.07) is 0. The van der Waals surface area contributed by atoms with E-state index in [0.717, 1.165) is 0 Å². The fourth-order valence-corrected chi connectivity index (χ4v) is 1.30. The first-order valence-corrected chi connectivity index (χ1v) is 4.97. The average Bonchev–Trinajstić information content (AvgIpc) is 1.80. The maximum atomic E-state index is 10.5. The van der Waals surface area contributed by atoms with E-state index in [2.05, 4.69) is 9.47 Å². The molecule has 0 heterocycles. The first kappa shape index (κ1) is 10.2. The van der Waals surface area contributed by atoms with E-state index in [1.54, 1.807) is 6.92 Å². The fraction of sp³-hybridized carbons (Fsp3) is 1.00. The molecule has 0 aliphatic carbocycles. The first-order chi connectivity index (χ1) is 4.52. The van der Waals surface area contributed by atoms with Crippen LogP contribution < -0.4 is 0 Å². The van der Waals surface area contributed by atoms with E-state index in [1.807, 2.05) is 0 Å². The minimum absolute atomic E-state index is 0.241. The van der Waals surface area contributed by atoms with Crippen LogP contribution in [0, 0.1) is 0 Å². The molecular formula is C4H9ClO4S. The molecule has 0 aromatic carbocycles. The topological polar surface area (TPSA) is 52.6 Å². The largest absolute Gasteiger partial charge is 0.342 e. The summed E-state index contributed by atoms with van der Waals surface area (Å²) in [4.78, 5) is 0. The molecule has 0 aromatic rings. The second kappa shape index (κ2) is 4.12. The highest BCUT2D eigenvalue weighted by molar-refractivity contribution is 8.14. The molecule has 4 nitrogen and oxygen atoms in total. The monoisotopic (exact) mass is 188 g/mol. The Balaban J connectivity index is 4.08. The van der Waals surface area contributed by atoms with Crippen LogP contribution in [0.4, 0.5) is 0 Å². The van der Waals surface area contributed by atoms with Crippen molar-refractivity contribution in [2.75, 3.05) is 13.7 Å². The molecule has 62 valence electrons. The van der Waals surface area contributed by atoms with Gasteiger partial charge in [0.1, 0.15) is 0 Å². The molecule has 10 heavy (non-hydrogen) atoms. The molecule has 0 aromatic heterocycles. The molecule has 0 radical (unpaired) electrons. The predicted octanol–water partition coefficient (Wildman–Crippen LogP) is 0.522. The van der Waals surface area contributed by atoms with Gasteiger partial charge in [-0.25, -0.2) is 8.42 Å². The maximum absolute atomic E-state index is 10.5. The Kier molecular flexibility index (Phi) is 4.19. The lowest BCUT2D eigenvalue weighted by molar-refractivity contribution is -0.0604. The van der Waals surface area contributed by atoms with Crippen molar-refractivity contribution in [1.29, 1.82) is 0 Å². The zero-order valence-electron chi connectivity index (χ0n) is 5.70.